The van der Waals surface area contributed by atoms with Crippen LogP contribution in [0.1, 0.15) is 67.5 Å². The Morgan fingerprint density at radius 3 is 2.57 bits per heavy atom. The molecule has 6 nitrogen and oxygen atoms in total. The molecule has 0 bridgehead atoms. The maximum Gasteiger partial charge on any atom is 0.283 e. The second kappa shape index (κ2) is 10.5. The van der Waals surface area contributed by atoms with Gasteiger partial charge in [0.05, 0.1) is 18.7 Å². The number of alkyl halides is 4. The van der Waals surface area contributed by atoms with Crippen LogP contribution in [0, 0.1) is 0 Å². The molecule has 2 aromatic rings. The molecule has 0 spiro atoms. The summed E-state index contributed by atoms with van der Waals surface area (Å²) >= 11 is 11.2. The van der Waals surface area contributed by atoms with Gasteiger partial charge in [-0.1, -0.05) is 36.9 Å². The SMILES string of the molecule is COc1ccc(/C=C2/NC(=S)N(C3CCCCC3)C2=O)cc1Cn1nc(C(F)F)c(Cl)c1C(F)F. The third kappa shape index (κ3) is 5.16. The van der Waals surface area contributed by atoms with Crippen LogP contribution in [0.5, 0.6) is 5.75 Å². The van der Waals surface area contributed by atoms with Gasteiger partial charge in [0.1, 0.15) is 22.8 Å². The van der Waals surface area contributed by atoms with Crippen LogP contribution in [0.3, 0.4) is 0 Å². The van der Waals surface area contributed by atoms with Crippen LogP contribution in [0.4, 0.5) is 17.6 Å². The van der Waals surface area contributed by atoms with Gasteiger partial charge in [-0.3, -0.25) is 14.4 Å². The molecular weight excluding hydrogens is 508 g/mol. The molecule has 35 heavy (non-hydrogen) atoms. The topological polar surface area (TPSA) is 59.4 Å². The first-order valence-electron chi connectivity index (χ1n) is 11.1. The highest BCUT2D eigenvalue weighted by Gasteiger charge is 2.36. The fraction of sp³-hybridized carbons (Fsp3) is 0.435. The van der Waals surface area contributed by atoms with Gasteiger partial charge in [-0.25, -0.2) is 17.6 Å². The maximum atomic E-state index is 13.6. The monoisotopic (exact) mass is 530 g/mol. The van der Waals surface area contributed by atoms with Crippen molar-refractivity contribution in [3.63, 3.8) is 0 Å². The number of carbonyl (C=O) groups excluding carboxylic acids is 1. The summed E-state index contributed by atoms with van der Waals surface area (Å²) < 4.78 is 59.6. The maximum absolute atomic E-state index is 13.6. The molecule has 0 unspecified atom stereocenters. The summed E-state index contributed by atoms with van der Waals surface area (Å²) in [5.74, 6) is 0.113. The zero-order valence-corrected chi connectivity index (χ0v) is 20.3. The number of ether oxygens (including phenoxy) is 1. The van der Waals surface area contributed by atoms with E-state index < -0.39 is 29.3 Å². The van der Waals surface area contributed by atoms with Gasteiger partial charge in [0, 0.05) is 11.6 Å². The minimum atomic E-state index is -3.11. The number of halogens is 5. The number of amides is 1. The Kier molecular flexibility index (Phi) is 7.65. The first-order valence-corrected chi connectivity index (χ1v) is 11.9. The van der Waals surface area contributed by atoms with E-state index in [9.17, 15) is 22.4 Å². The minimum absolute atomic E-state index is 0.0648. The van der Waals surface area contributed by atoms with Crippen LogP contribution < -0.4 is 10.1 Å². The molecule has 1 N–H and O–H groups in total. The number of rotatable bonds is 7. The molecule has 2 fully saturated rings. The molecule has 2 aliphatic rings. The molecule has 188 valence electrons. The highest BCUT2D eigenvalue weighted by Crippen LogP contribution is 2.36. The van der Waals surface area contributed by atoms with Crippen LogP contribution in [0.25, 0.3) is 6.08 Å². The summed E-state index contributed by atoms with van der Waals surface area (Å²) in [6, 6.07) is 4.96. The van der Waals surface area contributed by atoms with E-state index in [2.05, 4.69) is 10.4 Å². The number of aromatic nitrogens is 2. The van der Waals surface area contributed by atoms with Gasteiger partial charge in [-0.2, -0.15) is 5.10 Å². The van der Waals surface area contributed by atoms with E-state index in [1.807, 2.05) is 0 Å². The van der Waals surface area contributed by atoms with E-state index in [-0.39, 0.29) is 18.5 Å². The van der Waals surface area contributed by atoms with Crippen molar-refractivity contribution in [3.8, 4) is 5.75 Å². The Morgan fingerprint density at radius 2 is 1.94 bits per heavy atom. The summed E-state index contributed by atoms with van der Waals surface area (Å²) in [5.41, 5.74) is -0.450. The first kappa shape index (κ1) is 25.4. The summed E-state index contributed by atoms with van der Waals surface area (Å²) in [4.78, 5) is 14.7. The number of hydrogen-bond donors (Lipinski definition) is 1. The van der Waals surface area contributed by atoms with Crippen molar-refractivity contribution in [2.45, 2.75) is 57.5 Å². The predicted molar refractivity (Wildman–Crippen MR) is 127 cm³/mol. The van der Waals surface area contributed by atoms with Crippen LogP contribution in [0.15, 0.2) is 23.9 Å². The largest absolute Gasteiger partial charge is 0.496 e. The lowest BCUT2D eigenvalue weighted by Crippen LogP contribution is -2.41. The summed E-state index contributed by atoms with van der Waals surface area (Å²) in [6.07, 6.45) is 0.422. The zero-order chi connectivity index (χ0) is 25.3. The van der Waals surface area contributed by atoms with Gasteiger partial charge in [-0.05, 0) is 48.8 Å². The second-order valence-corrected chi connectivity index (χ2v) is 9.13. The quantitative estimate of drug-likeness (QED) is 0.276. The third-order valence-electron chi connectivity index (χ3n) is 6.15. The normalized spacial score (nSPS) is 18.3. The lowest BCUT2D eigenvalue weighted by molar-refractivity contribution is -0.124. The fourth-order valence-corrected chi connectivity index (χ4v) is 5.14. The predicted octanol–water partition coefficient (Wildman–Crippen LogP) is 5.86. The molecule has 12 heteroatoms. The molecule has 2 heterocycles. The number of thiocarbonyl (C=S) groups is 1. The minimum Gasteiger partial charge on any atom is -0.496 e. The smallest absolute Gasteiger partial charge is 0.283 e. The lowest BCUT2D eigenvalue weighted by atomic mass is 9.94. The van der Waals surface area contributed by atoms with Crippen LogP contribution in [0.2, 0.25) is 5.02 Å². The molecule has 4 rings (SSSR count). The van der Waals surface area contributed by atoms with Crippen molar-refractivity contribution in [1.82, 2.24) is 20.0 Å². The third-order valence-corrected chi connectivity index (χ3v) is 6.84. The van der Waals surface area contributed by atoms with E-state index in [4.69, 9.17) is 28.6 Å². The van der Waals surface area contributed by atoms with Gasteiger partial charge >= 0.3 is 0 Å². The van der Waals surface area contributed by atoms with Crippen molar-refractivity contribution in [1.29, 1.82) is 0 Å². The Morgan fingerprint density at radius 1 is 1.23 bits per heavy atom. The molecule has 1 aliphatic heterocycles. The average Bonchev–Trinajstić information content (AvgIpc) is 3.29. The zero-order valence-electron chi connectivity index (χ0n) is 18.7. The average molecular weight is 531 g/mol. The van der Waals surface area contributed by atoms with Crippen molar-refractivity contribution in [2.75, 3.05) is 7.11 Å². The summed E-state index contributed by atoms with van der Waals surface area (Å²) in [6.45, 7) is -0.291. The molecule has 1 saturated carbocycles. The standard InChI is InChI=1S/C23H23ClF4N4O2S/c1-34-16-8-7-12(10-15-22(33)32(23(35)29-15)14-5-3-2-4-6-14)9-13(16)11-31-19(21(27)28)17(24)18(30-31)20(25)26/h7-10,14,20-21H,2-6,11H2,1H3,(H,29,35)/b15-10+. The van der Waals surface area contributed by atoms with E-state index in [1.54, 1.807) is 29.2 Å². The highest BCUT2D eigenvalue weighted by molar-refractivity contribution is 7.80. The van der Waals surface area contributed by atoms with Crippen LogP contribution in [-0.2, 0) is 11.3 Å². The van der Waals surface area contributed by atoms with Crippen molar-refractivity contribution < 1.29 is 27.1 Å². The number of benzene rings is 1. The summed E-state index contributed by atoms with van der Waals surface area (Å²) in [5, 5.41) is 6.17. The lowest BCUT2D eigenvalue weighted by Gasteiger charge is -2.29. The first-order chi connectivity index (χ1) is 16.7. The van der Waals surface area contributed by atoms with E-state index >= 15 is 0 Å². The molecule has 1 aliphatic carbocycles. The Bertz CT molecular complexity index is 1160. The van der Waals surface area contributed by atoms with E-state index in [0.29, 0.717) is 27.7 Å². The molecule has 1 saturated heterocycles. The van der Waals surface area contributed by atoms with Crippen molar-refractivity contribution in [2.24, 2.45) is 0 Å². The summed E-state index contributed by atoms with van der Waals surface area (Å²) in [7, 11) is 1.40. The second-order valence-electron chi connectivity index (χ2n) is 8.37. The Hall–Kier alpha value is -2.66. The number of nitrogens with zero attached hydrogens (tertiary/aromatic N) is 3. The van der Waals surface area contributed by atoms with Crippen molar-refractivity contribution in [3.05, 3.63) is 51.4 Å². The van der Waals surface area contributed by atoms with Gasteiger partial charge in [-0.15, -0.1) is 0 Å². The Balaban J connectivity index is 1.64. The molecule has 0 radical (unpaired) electrons. The molecule has 1 amide bonds. The van der Waals surface area contributed by atoms with Gasteiger partial charge in [0.2, 0.25) is 0 Å². The van der Waals surface area contributed by atoms with Gasteiger partial charge in [0.15, 0.2) is 5.11 Å². The number of hydrogen-bond acceptors (Lipinski definition) is 4. The molecule has 0 atom stereocenters. The molecular formula is C23H23ClF4N4O2S. The fourth-order valence-electron chi connectivity index (χ4n) is 4.50. The number of carbonyl (C=O) groups is 1. The van der Waals surface area contributed by atoms with Crippen LogP contribution >= 0.6 is 23.8 Å². The van der Waals surface area contributed by atoms with Gasteiger partial charge < -0.3 is 10.1 Å². The number of methoxy groups -OCH3 is 1. The highest BCUT2D eigenvalue weighted by atomic mass is 35.5. The van der Waals surface area contributed by atoms with E-state index in [0.717, 1.165) is 36.8 Å². The van der Waals surface area contributed by atoms with E-state index in [1.165, 1.54) is 7.11 Å². The Labute approximate surface area is 209 Å². The molecule has 1 aromatic carbocycles. The van der Waals surface area contributed by atoms with Crippen molar-refractivity contribution >= 4 is 40.9 Å². The van der Waals surface area contributed by atoms with Gasteiger partial charge in [0.25, 0.3) is 18.8 Å². The molecule has 1 aromatic heterocycles. The number of nitrogens with one attached hydrogen (secondary N) is 1. The van der Waals surface area contributed by atoms with Crippen LogP contribution in [-0.4, -0.2) is 38.9 Å².